The van der Waals surface area contributed by atoms with Crippen LogP contribution in [0.3, 0.4) is 0 Å². The maximum atomic E-state index is 9.53. The van der Waals surface area contributed by atoms with Crippen molar-refractivity contribution < 1.29 is 5.11 Å². The van der Waals surface area contributed by atoms with E-state index in [0.717, 1.165) is 27.7 Å². The first kappa shape index (κ1) is 14.8. The van der Waals surface area contributed by atoms with Crippen LogP contribution in [0, 0.1) is 13.8 Å². The summed E-state index contributed by atoms with van der Waals surface area (Å²) in [5.41, 5.74) is 5.34. The topological polar surface area (TPSA) is 49.6 Å². The van der Waals surface area contributed by atoms with Gasteiger partial charge in [0.1, 0.15) is 17.3 Å². The average Bonchev–Trinajstić information content (AvgIpc) is 3.13. The highest BCUT2D eigenvalue weighted by molar-refractivity contribution is 7.15. The SMILES string of the molecule is Cc1ccc(Nc2c(-c3ccc(O)cc3)nc3sccn23)c(C)c1. The number of rotatable bonds is 3. The van der Waals surface area contributed by atoms with Crippen LogP contribution in [0.4, 0.5) is 11.5 Å². The summed E-state index contributed by atoms with van der Waals surface area (Å²) in [4.78, 5) is 5.69. The average molecular weight is 335 g/mol. The molecule has 0 bridgehead atoms. The molecule has 2 heterocycles. The fraction of sp³-hybridized carbons (Fsp3) is 0.105. The van der Waals surface area contributed by atoms with Gasteiger partial charge in [0.25, 0.3) is 0 Å². The number of phenolic OH excluding ortho intramolecular Hbond substituents is 1. The Balaban J connectivity index is 1.85. The van der Waals surface area contributed by atoms with Crippen LogP contribution < -0.4 is 5.32 Å². The lowest BCUT2D eigenvalue weighted by Gasteiger charge is -2.11. The molecule has 5 heteroatoms. The van der Waals surface area contributed by atoms with Crippen molar-refractivity contribution in [1.29, 1.82) is 0 Å². The van der Waals surface area contributed by atoms with Crippen molar-refractivity contribution >= 4 is 27.8 Å². The molecule has 0 radical (unpaired) electrons. The van der Waals surface area contributed by atoms with E-state index in [1.165, 1.54) is 11.1 Å². The van der Waals surface area contributed by atoms with Crippen molar-refractivity contribution in [3.8, 4) is 17.0 Å². The van der Waals surface area contributed by atoms with E-state index in [1.54, 1.807) is 23.5 Å². The fourth-order valence-corrected chi connectivity index (χ4v) is 3.52. The third-order valence-corrected chi connectivity index (χ3v) is 4.79. The summed E-state index contributed by atoms with van der Waals surface area (Å²) in [6.45, 7) is 4.19. The lowest BCUT2D eigenvalue weighted by Crippen LogP contribution is -1.98. The molecule has 4 rings (SSSR count). The van der Waals surface area contributed by atoms with E-state index in [0.29, 0.717) is 0 Å². The molecule has 0 atom stereocenters. The molecule has 0 unspecified atom stereocenters. The first-order valence-electron chi connectivity index (χ1n) is 7.71. The number of imidazole rings is 1. The van der Waals surface area contributed by atoms with Gasteiger partial charge in [-0.25, -0.2) is 4.98 Å². The molecule has 0 aliphatic carbocycles. The lowest BCUT2D eigenvalue weighted by molar-refractivity contribution is 0.475. The molecule has 24 heavy (non-hydrogen) atoms. The van der Waals surface area contributed by atoms with Crippen LogP contribution in [0.25, 0.3) is 16.2 Å². The molecule has 0 spiro atoms. The van der Waals surface area contributed by atoms with Crippen molar-refractivity contribution in [2.24, 2.45) is 0 Å². The number of aromatic nitrogens is 2. The van der Waals surface area contributed by atoms with E-state index in [2.05, 4.69) is 41.8 Å². The Kier molecular flexibility index (Phi) is 3.50. The molecule has 0 aliphatic rings. The van der Waals surface area contributed by atoms with E-state index in [-0.39, 0.29) is 5.75 Å². The molecule has 4 nitrogen and oxygen atoms in total. The number of hydrogen-bond donors (Lipinski definition) is 2. The zero-order chi connectivity index (χ0) is 16.7. The Morgan fingerprint density at radius 2 is 1.88 bits per heavy atom. The minimum Gasteiger partial charge on any atom is -0.508 e. The van der Waals surface area contributed by atoms with Crippen LogP contribution in [-0.2, 0) is 0 Å². The molecule has 0 saturated carbocycles. The molecule has 2 aromatic heterocycles. The van der Waals surface area contributed by atoms with E-state index in [1.807, 2.05) is 23.7 Å². The van der Waals surface area contributed by atoms with Gasteiger partial charge in [0, 0.05) is 22.8 Å². The zero-order valence-electron chi connectivity index (χ0n) is 13.4. The summed E-state index contributed by atoms with van der Waals surface area (Å²) in [7, 11) is 0. The largest absolute Gasteiger partial charge is 0.508 e. The second kappa shape index (κ2) is 5.69. The minimum absolute atomic E-state index is 0.253. The monoisotopic (exact) mass is 335 g/mol. The van der Waals surface area contributed by atoms with Crippen LogP contribution in [-0.4, -0.2) is 14.5 Å². The first-order valence-corrected chi connectivity index (χ1v) is 8.59. The van der Waals surface area contributed by atoms with Crippen molar-refractivity contribution in [2.45, 2.75) is 13.8 Å². The van der Waals surface area contributed by atoms with Gasteiger partial charge in [-0.15, -0.1) is 11.3 Å². The Morgan fingerprint density at radius 3 is 2.62 bits per heavy atom. The zero-order valence-corrected chi connectivity index (χ0v) is 14.3. The molecule has 2 N–H and O–H groups in total. The van der Waals surface area contributed by atoms with Gasteiger partial charge in [-0.2, -0.15) is 0 Å². The third kappa shape index (κ3) is 2.53. The van der Waals surface area contributed by atoms with Crippen molar-refractivity contribution in [3.63, 3.8) is 0 Å². The highest BCUT2D eigenvalue weighted by Crippen LogP contribution is 2.34. The standard InChI is InChI=1S/C19H17N3OS/c1-12-3-8-16(13(2)11-12)20-18-17(14-4-6-15(23)7-5-14)21-19-22(18)9-10-24-19/h3-11,20,23H,1-2H3. The Labute approximate surface area is 144 Å². The number of fused-ring (bicyclic) bond motifs is 1. The maximum absolute atomic E-state index is 9.53. The predicted molar refractivity (Wildman–Crippen MR) is 99.4 cm³/mol. The normalized spacial score (nSPS) is 11.1. The molecular formula is C19H17N3OS. The molecule has 4 aromatic rings. The number of phenols is 1. The van der Waals surface area contributed by atoms with Gasteiger partial charge >= 0.3 is 0 Å². The van der Waals surface area contributed by atoms with E-state index in [9.17, 15) is 5.11 Å². The molecule has 0 fully saturated rings. The maximum Gasteiger partial charge on any atom is 0.195 e. The fourth-order valence-electron chi connectivity index (χ4n) is 2.81. The van der Waals surface area contributed by atoms with Gasteiger partial charge in [0.05, 0.1) is 0 Å². The number of thiazole rings is 1. The van der Waals surface area contributed by atoms with E-state index >= 15 is 0 Å². The number of aryl methyl sites for hydroxylation is 2. The van der Waals surface area contributed by atoms with Crippen LogP contribution in [0.5, 0.6) is 5.75 Å². The van der Waals surface area contributed by atoms with E-state index < -0.39 is 0 Å². The van der Waals surface area contributed by atoms with Crippen molar-refractivity contribution in [1.82, 2.24) is 9.38 Å². The smallest absolute Gasteiger partial charge is 0.195 e. The quantitative estimate of drug-likeness (QED) is 0.546. The molecule has 2 aromatic carbocycles. The molecule has 0 amide bonds. The Hall–Kier alpha value is -2.79. The van der Waals surface area contributed by atoms with Crippen LogP contribution in [0.1, 0.15) is 11.1 Å². The van der Waals surface area contributed by atoms with Crippen LogP contribution in [0.2, 0.25) is 0 Å². The second-order valence-electron chi connectivity index (χ2n) is 5.85. The third-order valence-electron chi connectivity index (χ3n) is 4.04. The van der Waals surface area contributed by atoms with Crippen molar-refractivity contribution in [3.05, 3.63) is 65.2 Å². The number of hydrogen-bond acceptors (Lipinski definition) is 4. The Bertz CT molecular complexity index is 1010. The molecule has 0 saturated heterocycles. The highest BCUT2D eigenvalue weighted by atomic mass is 32.1. The number of benzene rings is 2. The summed E-state index contributed by atoms with van der Waals surface area (Å²) in [5.74, 6) is 1.19. The molecule has 0 aliphatic heterocycles. The predicted octanol–water partition coefficient (Wildman–Crippen LogP) is 5.13. The number of nitrogens with zero attached hydrogens (tertiary/aromatic N) is 2. The minimum atomic E-state index is 0.253. The number of anilines is 2. The Morgan fingerprint density at radius 1 is 1.08 bits per heavy atom. The summed E-state index contributed by atoms with van der Waals surface area (Å²) < 4.78 is 2.06. The molecular weight excluding hydrogens is 318 g/mol. The van der Waals surface area contributed by atoms with Gasteiger partial charge < -0.3 is 10.4 Å². The highest BCUT2D eigenvalue weighted by Gasteiger charge is 2.16. The first-order chi connectivity index (χ1) is 11.6. The second-order valence-corrected chi connectivity index (χ2v) is 6.73. The van der Waals surface area contributed by atoms with Gasteiger partial charge in [-0.05, 0) is 49.7 Å². The van der Waals surface area contributed by atoms with Crippen LogP contribution in [0.15, 0.2) is 54.0 Å². The van der Waals surface area contributed by atoms with E-state index in [4.69, 9.17) is 4.98 Å². The summed E-state index contributed by atoms with van der Waals surface area (Å²) in [5, 5.41) is 15.1. The summed E-state index contributed by atoms with van der Waals surface area (Å²) in [6.07, 6.45) is 2.02. The van der Waals surface area contributed by atoms with Gasteiger partial charge in [-0.1, -0.05) is 17.7 Å². The van der Waals surface area contributed by atoms with Gasteiger partial charge in [-0.3, -0.25) is 4.40 Å². The van der Waals surface area contributed by atoms with Gasteiger partial charge in [0.2, 0.25) is 0 Å². The number of aromatic hydroxyl groups is 1. The van der Waals surface area contributed by atoms with Crippen LogP contribution >= 0.6 is 11.3 Å². The lowest BCUT2D eigenvalue weighted by atomic mass is 10.1. The van der Waals surface area contributed by atoms with Gasteiger partial charge in [0.15, 0.2) is 4.96 Å². The molecule has 120 valence electrons. The summed E-state index contributed by atoms with van der Waals surface area (Å²) in [6, 6.07) is 13.5. The number of nitrogens with one attached hydrogen (secondary N) is 1. The van der Waals surface area contributed by atoms with Crippen molar-refractivity contribution in [2.75, 3.05) is 5.32 Å². The summed E-state index contributed by atoms with van der Waals surface area (Å²) >= 11 is 1.60.